The number of nitrogens with zero attached hydrogens (tertiary/aromatic N) is 1. The third-order valence-electron chi connectivity index (χ3n) is 2.45. The van der Waals surface area contributed by atoms with Crippen LogP contribution in [-0.2, 0) is 0 Å². The van der Waals surface area contributed by atoms with Gasteiger partial charge in [-0.15, -0.1) is 12.6 Å². The summed E-state index contributed by atoms with van der Waals surface area (Å²) in [6, 6.07) is 5.55. The van der Waals surface area contributed by atoms with Crippen molar-refractivity contribution < 1.29 is 4.79 Å². The zero-order valence-corrected chi connectivity index (χ0v) is 12.7. The normalized spacial score (nSPS) is 10.4. The minimum Gasteiger partial charge on any atom is -0.339 e. The second-order valence-corrected chi connectivity index (χ2v) is 5.33. The van der Waals surface area contributed by atoms with Crippen molar-refractivity contribution in [3.8, 4) is 0 Å². The minimum absolute atomic E-state index is 0.0801. The quantitative estimate of drug-likeness (QED) is 0.814. The predicted molar refractivity (Wildman–Crippen MR) is 77.9 cm³/mol. The molecule has 0 aliphatic rings. The van der Waals surface area contributed by atoms with Gasteiger partial charge in [-0.25, -0.2) is 0 Å². The van der Waals surface area contributed by atoms with Crippen molar-refractivity contribution in [1.82, 2.24) is 4.90 Å². The van der Waals surface area contributed by atoms with Crippen LogP contribution < -0.4 is 0 Å². The van der Waals surface area contributed by atoms with Crippen molar-refractivity contribution in [3.63, 3.8) is 0 Å². The first-order valence-corrected chi connectivity index (χ1v) is 7.12. The van der Waals surface area contributed by atoms with E-state index in [0.29, 0.717) is 5.56 Å². The summed E-state index contributed by atoms with van der Waals surface area (Å²) in [5.74, 6) is 0.0801. The molecule has 0 saturated heterocycles. The van der Waals surface area contributed by atoms with Crippen LogP contribution in [0.15, 0.2) is 27.6 Å². The Bertz CT molecular complexity index is 389. The molecule has 0 bridgehead atoms. The molecule has 0 aliphatic heterocycles. The molecule has 0 saturated carbocycles. The second kappa shape index (κ2) is 7.07. The van der Waals surface area contributed by atoms with Gasteiger partial charge < -0.3 is 4.90 Å². The highest BCUT2D eigenvalue weighted by Crippen LogP contribution is 2.22. The first-order chi connectivity index (χ1) is 8.10. The molecule has 1 rings (SSSR count). The fourth-order valence-electron chi connectivity index (χ4n) is 1.70. The maximum atomic E-state index is 12.4. The van der Waals surface area contributed by atoms with Crippen LogP contribution in [0.4, 0.5) is 0 Å². The van der Waals surface area contributed by atoms with E-state index in [0.717, 1.165) is 35.3 Å². The van der Waals surface area contributed by atoms with E-state index in [9.17, 15) is 4.79 Å². The third-order valence-corrected chi connectivity index (χ3v) is 3.42. The van der Waals surface area contributed by atoms with Gasteiger partial charge >= 0.3 is 0 Å². The van der Waals surface area contributed by atoms with Crippen LogP contribution in [0.5, 0.6) is 0 Å². The van der Waals surface area contributed by atoms with Crippen LogP contribution in [0, 0.1) is 0 Å². The zero-order valence-electron chi connectivity index (χ0n) is 10.2. The van der Waals surface area contributed by atoms with Crippen molar-refractivity contribution in [3.05, 3.63) is 28.2 Å². The Morgan fingerprint density at radius 1 is 1.29 bits per heavy atom. The van der Waals surface area contributed by atoms with Crippen LogP contribution in [0.25, 0.3) is 0 Å². The van der Waals surface area contributed by atoms with E-state index >= 15 is 0 Å². The van der Waals surface area contributed by atoms with E-state index in [1.807, 2.05) is 23.1 Å². The smallest absolute Gasteiger partial charge is 0.255 e. The number of halogens is 1. The lowest BCUT2D eigenvalue weighted by molar-refractivity contribution is 0.0754. The summed E-state index contributed by atoms with van der Waals surface area (Å²) >= 11 is 7.70. The van der Waals surface area contributed by atoms with E-state index < -0.39 is 0 Å². The number of thiol groups is 1. The van der Waals surface area contributed by atoms with Gasteiger partial charge in [0.25, 0.3) is 5.91 Å². The molecule has 0 unspecified atom stereocenters. The van der Waals surface area contributed by atoms with Gasteiger partial charge in [-0.1, -0.05) is 13.8 Å². The van der Waals surface area contributed by atoms with Crippen LogP contribution >= 0.6 is 28.6 Å². The molecule has 0 radical (unpaired) electrons. The highest BCUT2D eigenvalue weighted by molar-refractivity contribution is 9.10. The molecule has 0 heterocycles. The summed E-state index contributed by atoms with van der Waals surface area (Å²) < 4.78 is 0.831. The fraction of sp³-hybridized carbons (Fsp3) is 0.462. The summed E-state index contributed by atoms with van der Waals surface area (Å²) in [5.41, 5.74) is 0.694. The largest absolute Gasteiger partial charge is 0.339 e. The summed E-state index contributed by atoms with van der Waals surface area (Å²) in [4.78, 5) is 15.1. The van der Waals surface area contributed by atoms with E-state index in [1.165, 1.54) is 0 Å². The van der Waals surface area contributed by atoms with Crippen LogP contribution in [-0.4, -0.2) is 23.9 Å². The first-order valence-electron chi connectivity index (χ1n) is 5.88. The number of carbonyl (C=O) groups is 1. The first kappa shape index (κ1) is 14.6. The zero-order chi connectivity index (χ0) is 12.8. The number of benzene rings is 1. The summed E-state index contributed by atoms with van der Waals surface area (Å²) in [7, 11) is 0. The molecule has 4 heteroatoms. The van der Waals surface area contributed by atoms with E-state index in [2.05, 4.69) is 42.4 Å². The number of hydrogen-bond donors (Lipinski definition) is 1. The lowest BCUT2D eigenvalue weighted by Gasteiger charge is -2.22. The van der Waals surface area contributed by atoms with Crippen LogP contribution in [0.1, 0.15) is 37.0 Å². The number of rotatable bonds is 5. The summed E-state index contributed by atoms with van der Waals surface area (Å²) in [5, 5.41) is 0. The van der Waals surface area contributed by atoms with Crippen molar-refractivity contribution in [2.75, 3.05) is 13.1 Å². The number of amides is 1. The van der Waals surface area contributed by atoms with E-state index in [-0.39, 0.29) is 5.91 Å². The molecule has 0 N–H and O–H groups in total. The fourth-order valence-corrected chi connectivity index (χ4v) is 2.32. The Kier molecular flexibility index (Phi) is 6.06. The van der Waals surface area contributed by atoms with Crippen LogP contribution in [0.2, 0.25) is 0 Å². The molecule has 0 spiro atoms. The lowest BCUT2D eigenvalue weighted by atomic mass is 10.2. The Labute approximate surface area is 117 Å². The van der Waals surface area contributed by atoms with Crippen molar-refractivity contribution in [2.45, 2.75) is 31.6 Å². The molecule has 1 amide bonds. The Hall–Kier alpha value is -0.480. The highest BCUT2D eigenvalue weighted by atomic mass is 79.9. The van der Waals surface area contributed by atoms with E-state index in [1.54, 1.807) is 0 Å². The Morgan fingerprint density at radius 3 is 2.41 bits per heavy atom. The molecule has 2 nitrogen and oxygen atoms in total. The highest BCUT2D eigenvalue weighted by Gasteiger charge is 2.16. The number of hydrogen-bond acceptors (Lipinski definition) is 2. The van der Waals surface area contributed by atoms with Gasteiger partial charge in [0.2, 0.25) is 0 Å². The van der Waals surface area contributed by atoms with Gasteiger partial charge in [-0.2, -0.15) is 0 Å². The summed E-state index contributed by atoms with van der Waals surface area (Å²) in [6.45, 7) is 5.77. The van der Waals surface area contributed by atoms with Crippen molar-refractivity contribution in [2.24, 2.45) is 0 Å². The molecule has 0 aliphatic carbocycles. The third kappa shape index (κ3) is 4.03. The molecule has 94 valence electrons. The molecule has 1 aromatic rings. The molecule has 1 aromatic carbocycles. The molecular weight excluding hydrogens is 298 g/mol. The Balaban J connectivity index is 2.95. The van der Waals surface area contributed by atoms with Gasteiger partial charge in [0, 0.05) is 22.5 Å². The van der Waals surface area contributed by atoms with Gasteiger partial charge in [-0.05, 0) is 47.0 Å². The van der Waals surface area contributed by atoms with Gasteiger partial charge in [0.15, 0.2) is 0 Å². The second-order valence-electron chi connectivity index (χ2n) is 3.96. The lowest BCUT2D eigenvalue weighted by Crippen LogP contribution is -2.32. The van der Waals surface area contributed by atoms with Gasteiger partial charge in [0.1, 0.15) is 0 Å². The minimum atomic E-state index is 0.0801. The monoisotopic (exact) mass is 315 g/mol. The standard InChI is InChI=1S/C13H18BrNOS/c1-3-7-15(8-4-2)13(16)11-9-10(17)5-6-12(11)14/h5-6,9,17H,3-4,7-8H2,1-2H3. The summed E-state index contributed by atoms with van der Waals surface area (Å²) in [6.07, 6.45) is 1.95. The predicted octanol–water partition coefficient (Wildman–Crippen LogP) is 4.00. The van der Waals surface area contributed by atoms with Gasteiger partial charge in [-0.3, -0.25) is 4.79 Å². The van der Waals surface area contributed by atoms with Crippen molar-refractivity contribution >= 4 is 34.5 Å². The SMILES string of the molecule is CCCN(CCC)C(=O)c1cc(S)ccc1Br. The van der Waals surface area contributed by atoms with Gasteiger partial charge in [0.05, 0.1) is 5.56 Å². The maximum Gasteiger partial charge on any atom is 0.255 e. The maximum absolute atomic E-state index is 12.4. The van der Waals surface area contributed by atoms with Crippen molar-refractivity contribution in [1.29, 1.82) is 0 Å². The molecule has 17 heavy (non-hydrogen) atoms. The molecular formula is C13H18BrNOS. The average Bonchev–Trinajstić information content (AvgIpc) is 2.31. The molecule has 0 atom stereocenters. The average molecular weight is 316 g/mol. The topological polar surface area (TPSA) is 20.3 Å². The number of carbonyl (C=O) groups excluding carboxylic acids is 1. The molecule has 0 fully saturated rings. The van der Waals surface area contributed by atoms with E-state index in [4.69, 9.17) is 0 Å². The Morgan fingerprint density at radius 2 is 1.88 bits per heavy atom. The molecule has 0 aromatic heterocycles. The van der Waals surface area contributed by atoms with Crippen LogP contribution in [0.3, 0.4) is 0 Å².